The molecule has 1 rings (SSSR count). The molecule has 0 aromatic rings. The van der Waals surface area contributed by atoms with E-state index in [0.717, 1.165) is 25.7 Å². The van der Waals surface area contributed by atoms with Gasteiger partial charge in [-0.2, -0.15) is 0 Å². The number of amidine groups is 1. The number of nitrogens with two attached hydrogens (primary N) is 1. The second kappa shape index (κ2) is 6.95. The van der Waals surface area contributed by atoms with Gasteiger partial charge in [-0.1, -0.05) is 25.9 Å². The number of nitrogens with one attached hydrogen (secondary N) is 1. The topological polar surface area (TPSA) is 87.7 Å². The lowest BCUT2D eigenvalue weighted by atomic mass is 9.69. The van der Waals surface area contributed by atoms with E-state index in [9.17, 15) is 4.79 Å². The maximum absolute atomic E-state index is 12.2. The summed E-state index contributed by atoms with van der Waals surface area (Å²) in [6.45, 7) is 8.70. The summed E-state index contributed by atoms with van der Waals surface area (Å²) >= 11 is 0. The Hall–Kier alpha value is -1.26. The van der Waals surface area contributed by atoms with Crippen molar-refractivity contribution in [3.8, 4) is 0 Å². The molecule has 0 bridgehead atoms. The molecule has 0 saturated heterocycles. The second-order valence-electron chi connectivity index (χ2n) is 7.12. The van der Waals surface area contributed by atoms with E-state index in [0.29, 0.717) is 17.8 Å². The SMILES string of the molecule is CC(CC(N)=NO)NC(=O)C1CCC(C(C)(C)C)CC1. The number of nitrogens with zero attached hydrogens (tertiary/aromatic N) is 1. The van der Waals surface area contributed by atoms with Crippen molar-refractivity contribution in [3.63, 3.8) is 0 Å². The van der Waals surface area contributed by atoms with Crippen molar-refractivity contribution >= 4 is 11.7 Å². The van der Waals surface area contributed by atoms with Crippen molar-refractivity contribution in [3.05, 3.63) is 0 Å². The van der Waals surface area contributed by atoms with Crippen LogP contribution in [-0.2, 0) is 4.79 Å². The molecule has 0 heterocycles. The number of hydrogen-bond acceptors (Lipinski definition) is 3. The van der Waals surface area contributed by atoms with Crippen molar-refractivity contribution in [2.24, 2.45) is 28.1 Å². The van der Waals surface area contributed by atoms with Crippen LogP contribution in [0.2, 0.25) is 0 Å². The monoisotopic (exact) mass is 283 g/mol. The zero-order valence-corrected chi connectivity index (χ0v) is 13.1. The third kappa shape index (κ3) is 5.02. The number of amides is 1. The highest BCUT2D eigenvalue weighted by Crippen LogP contribution is 2.39. The summed E-state index contributed by atoms with van der Waals surface area (Å²) in [5.41, 5.74) is 5.78. The minimum Gasteiger partial charge on any atom is -0.409 e. The third-order valence-corrected chi connectivity index (χ3v) is 4.36. The van der Waals surface area contributed by atoms with Crippen LogP contribution in [0, 0.1) is 17.3 Å². The largest absolute Gasteiger partial charge is 0.409 e. The molecule has 1 atom stereocenters. The van der Waals surface area contributed by atoms with Crippen LogP contribution in [-0.4, -0.2) is 23.0 Å². The fourth-order valence-corrected chi connectivity index (χ4v) is 2.99. The fraction of sp³-hybridized carbons (Fsp3) is 0.867. The van der Waals surface area contributed by atoms with Gasteiger partial charge >= 0.3 is 0 Å². The minimum atomic E-state index is -0.0984. The summed E-state index contributed by atoms with van der Waals surface area (Å²) in [6.07, 6.45) is 4.54. The van der Waals surface area contributed by atoms with Gasteiger partial charge in [0.15, 0.2) is 0 Å². The zero-order chi connectivity index (χ0) is 15.3. The molecular formula is C15H29N3O2. The smallest absolute Gasteiger partial charge is 0.223 e. The molecule has 0 radical (unpaired) electrons. The van der Waals surface area contributed by atoms with E-state index in [1.807, 2.05) is 6.92 Å². The quantitative estimate of drug-likeness (QED) is 0.320. The Balaban J connectivity index is 2.40. The van der Waals surface area contributed by atoms with Gasteiger partial charge in [-0.15, -0.1) is 0 Å². The number of carbonyl (C=O) groups excluding carboxylic acids is 1. The van der Waals surface area contributed by atoms with Gasteiger partial charge in [0.1, 0.15) is 5.84 Å². The summed E-state index contributed by atoms with van der Waals surface area (Å²) < 4.78 is 0. The summed E-state index contributed by atoms with van der Waals surface area (Å²) in [6, 6.07) is -0.0984. The minimum absolute atomic E-state index is 0.0984. The van der Waals surface area contributed by atoms with E-state index in [-0.39, 0.29) is 23.7 Å². The highest BCUT2D eigenvalue weighted by Gasteiger charge is 2.32. The van der Waals surface area contributed by atoms with E-state index >= 15 is 0 Å². The maximum atomic E-state index is 12.2. The predicted molar refractivity (Wildman–Crippen MR) is 80.5 cm³/mol. The first-order valence-electron chi connectivity index (χ1n) is 7.50. The van der Waals surface area contributed by atoms with Crippen LogP contribution in [0.4, 0.5) is 0 Å². The molecule has 0 spiro atoms. The van der Waals surface area contributed by atoms with Gasteiger partial charge in [0, 0.05) is 18.4 Å². The average Bonchev–Trinajstić information content (AvgIpc) is 2.37. The Morgan fingerprint density at radius 3 is 2.35 bits per heavy atom. The van der Waals surface area contributed by atoms with Crippen LogP contribution in [0.5, 0.6) is 0 Å². The molecule has 5 nitrogen and oxygen atoms in total. The lowest BCUT2D eigenvalue weighted by Crippen LogP contribution is -2.41. The standard InChI is InChI=1S/C15H29N3O2/c1-10(9-13(16)18-20)17-14(19)11-5-7-12(8-6-11)15(2,3)4/h10-12,20H,5-9H2,1-4H3,(H2,16,18)(H,17,19). The third-order valence-electron chi connectivity index (χ3n) is 4.36. The number of hydrogen-bond donors (Lipinski definition) is 3. The van der Waals surface area contributed by atoms with E-state index in [1.165, 1.54) is 0 Å². The van der Waals surface area contributed by atoms with Crippen molar-refractivity contribution < 1.29 is 10.0 Å². The molecular weight excluding hydrogens is 254 g/mol. The molecule has 5 heteroatoms. The van der Waals surface area contributed by atoms with Gasteiger partial charge in [0.25, 0.3) is 0 Å². The van der Waals surface area contributed by atoms with Gasteiger partial charge in [0.05, 0.1) is 0 Å². The zero-order valence-electron chi connectivity index (χ0n) is 13.1. The second-order valence-corrected chi connectivity index (χ2v) is 7.12. The Kier molecular flexibility index (Phi) is 5.84. The fourth-order valence-electron chi connectivity index (χ4n) is 2.99. The number of rotatable bonds is 4. The highest BCUT2D eigenvalue weighted by molar-refractivity contribution is 5.82. The molecule has 1 unspecified atom stereocenters. The normalized spacial score (nSPS) is 26.1. The summed E-state index contributed by atoms with van der Waals surface area (Å²) in [5.74, 6) is 1.08. The molecule has 0 aliphatic heterocycles. The Bertz CT molecular complexity index is 353. The molecule has 1 amide bonds. The van der Waals surface area contributed by atoms with Crippen LogP contribution >= 0.6 is 0 Å². The summed E-state index contributed by atoms with van der Waals surface area (Å²) in [5, 5.41) is 14.4. The first kappa shape index (κ1) is 16.8. The van der Waals surface area contributed by atoms with Crippen LogP contribution in [0.15, 0.2) is 5.16 Å². The van der Waals surface area contributed by atoms with Crippen molar-refractivity contribution in [1.82, 2.24) is 5.32 Å². The van der Waals surface area contributed by atoms with E-state index in [2.05, 4.69) is 31.2 Å². The number of carbonyl (C=O) groups is 1. The van der Waals surface area contributed by atoms with Crippen molar-refractivity contribution in [2.75, 3.05) is 0 Å². The van der Waals surface area contributed by atoms with Gasteiger partial charge in [0.2, 0.25) is 5.91 Å². The molecule has 0 aromatic heterocycles. The summed E-state index contributed by atoms with van der Waals surface area (Å²) in [7, 11) is 0. The molecule has 4 N–H and O–H groups in total. The highest BCUT2D eigenvalue weighted by atomic mass is 16.4. The van der Waals surface area contributed by atoms with Crippen molar-refractivity contribution in [1.29, 1.82) is 0 Å². The van der Waals surface area contributed by atoms with E-state index in [1.54, 1.807) is 0 Å². The molecule has 1 fully saturated rings. The van der Waals surface area contributed by atoms with E-state index in [4.69, 9.17) is 10.9 Å². The van der Waals surface area contributed by atoms with E-state index < -0.39 is 0 Å². The van der Waals surface area contributed by atoms with Crippen LogP contribution in [0.1, 0.15) is 59.8 Å². The lowest BCUT2D eigenvalue weighted by molar-refractivity contribution is -0.127. The first-order chi connectivity index (χ1) is 9.24. The molecule has 20 heavy (non-hydrogen) atoms. The Morgan fingerprint density at radius 2 is 1.90 bits per heavy atom. The van der Waals surface area contributed by atoms with Crippen molar-refractivity contribution in [2.45, 2.75) is 65.8 Å². The van der Waals surface area contributed by atoms with Crippen LogP contribution in [0.3, 0.4) is 0 Å². The molecule has 1 aliphatic carbocycles. The lowest BCUT2D eigenvalue weighted by Gasteiger charge is -2.36. The summed E-state index contributed by atoms with van der Waals surface area (Å²) in [4.78, 5) is 12.2. The number of oxime groups is 1. The Labute approximate surface area is 122 Å². The molecule has 1 aliphatic rings. The molecule has 0 aromatic carbocycles. The molecule has 116 valence electrons. The van der Waals surface area contributed by atoms with Gasteiger partial charge in [-0.05, 0) is 43.9 Å². The van der Waals surface area contributed by atoms with Gasteiger partial charge in [-0.3, -0.25) is 4.79 Å². The average molecular weight is 283 g/mol. The Morgan fingerprint density at radius 1 is 1.35 bits per heavy atom. The first-order valence-corrected chi connectivity index (χ1v) is 7.50. The van der Waals surface area contributed by atoms with Gasteiger partial charge < -0.3 is 16.3 Å². The maximum Gasteiger partial charge on any atom is 0.223 e. The van der Waals surface area contributed by atoms with Crippen LogP contribution in [0.25, 0.3) is 0 Å². The van der Waals surface area contributed by atoms with Crippen LogP contribution < -0.4 is 11.1 Å². The predicted octanol–water partition coefficient (Wildman–Crippen LogP) is 2.48. The molecule has 1 saturated carbocycles. The van der Waals surface area contributed by atoms with Gasteiger partial charge in [-0.25, -0.2) is 0 Å².